The summed E-state index contributed by atoms with van der Waals surface area (Å²) < 4.78 is 6.17. The number of ether oxygens (including phenoxy) is 1. The largest absolute Gasteiger partial charge is 0.507 e. The third-order valence-electron chi connectivity index (χ3n) is 9.88. The van der Waals surface area contributed by atoms with E-state index in [1.165, 1.54) is 12.0 Å². The van der Waals surface area contributed by atoms with Crippen LogP contribution in [0.2, 0.25) is 0 Å². The van der Waals surface area contributed by atoms with Crippen LogP contribution in [0.25, 0.3) is 0 Å². The Balaban J connectivity index is 1.63. The first-order chi connectivity index (χ1) is 18.1. The molecular formula is C35H51NO3. The Morgan fingerprint density at radius 2 is 1.64 bits per heavy atom. The first kappa shape index (κ1) is 29.5. The SMILES string of the molecule is CCC(C)(C)Cc1ccc2c(c1O)C2(C)C(C)(C)Cc1cccc(C(C)(C)C)c1OC(=O)NC1CCCCC1. The van der Waals surface area contributed by atoms with Gasteiger partial charge in [0.15, 0.2) is 0 Å². The van der Waals surface area contributed by atoms with E-state index in [1.807, 2.05) is 0 Å². The fourth-order valence-electron chi connectivity index (χ4n) is 6.55. The van der Waals surface area contributed by atoms with Crippen LogP contribution in [0, 0.1) is 10.8 Å². The minimum Gasteiger partial charge on any atom is -0.507 e. The minimum absolute atomic E-state index is 0.143. The number of phenols is 1. The van der Waals surface area contributed by atoms with Crippen LogP contribution in [0.3, 0.4) is 0 Å². The molecule has 2 aromatic carbocycles. The van der Waals surface area contributed by atoms with E-state index in [-0.39, 0.29) is 33.8 Å². The summed E-state index contributed by atoms with van der Waals surface area (Å²) in [6.07, 6.45) is 7.91. The summed E-state index contributed by atoms with van der Waals surface area (Å²) in [6, 6.07) is 10.8. The van der Waals surface area contributed by atoms with Crippen molar-refractivity contribution in [2.75, 3.05) is 0 Å². The molecule has 39 heavy (non-hydrogen) atoms. The second-order valence-electron chi connectivity index (χ2n) is 14.8. The lowest BCUT2D eigenvalue weighted by Crippen LogP contribution is -2.38. The molecule has 4 rings (SSSR count). The molecule has 1 unspecified atom stereocenters. The summed E-state index contributed by atoms with van der Waals surface area (Å²) in [7, 11) is 0. The van der Waals surface area contributed by atoms with Crippen LogP contribution in [-0.2, 0) is 23.7 Å². The minimum atomic E-state index is -0.348. The summed E-state index contributed by atoms with van der Waals surface area (Å²) in [4.78, 5) is 13.1. The number of amides is 1. The molecule has 2 aliphatic rings. The number of aromatic hydroxyl groups is 1. The van der Waals surface area contributed by atoms with Crippen molar-refractivity contribution in [1.82, 2.24) is 5.32 Å². The van der Waals surface area contributed by atoms with Crippen molar-refractivity contribution >= 4 is 6.09 Å². The van der Waals surface area contributed by atoms with E-state index >= 15 is 0 Å². The lowest BCUT2D eigenvalue weighted by Gasteiger charge is -2.35. The number of fused-ring (bicyclic) bond motifs is 1. The van der Waals surface area contributed by atoms with Crippen molar-refractivity contribution < 1.29 is 14.6 Å². The molecule has 1 atom stereocenters. The summed E-state index contributed by atoms with van der Waals surface area (Å²) >= 11 is 0. The second-order valence-corrected chi connectivity index (χ2v) is 14.8. The van der Waals surface area contributed by atoms with Crippen molar-refractivity contribution in [1.29, 1.82) is 0 Å². The van der Waals surface area contributed by atoms with E-state index in [9.17, 15) is 9.90 Å². The fourth-order valence-corrected chi connectivity index (χ4v) is 6.55. The third-order valence-corrected chi connectivity index (χ3v) is 9.88. The molecule has 214 valence electrons. The molecule has 1 saturated carbocycles. The van der Waals surface area contributed by atoms with E-state index in [1.54, 1.807) is 0 Å². The average Bonchev–Trinajstić information content (AvgIpc) is 3.49. The van der Waals surface area contributed by atoms with E-state index in [0.717, 1.165) is 67.2 Å². The zero-order valence-corrected chi connectivity index (χ0v) is 25.9. The Morgan fingerprint density at radius 3 is 2.26 bits per heavy atom. The zero-order chi connectivity index (χ0) is 28.8. The molecule has 0 aliphatic heterocycles. The van der Waals surface area contributed by atoms with Gasteiger partial charge >= 0.3 is 6.09 Å². The standard InChI is InChI=1S/C35H51NO3/c1-10-33(5,6)21-23-19-20-26-28(29(23)37)35(26,9)34(7,8)22-24-15-14-18-27(32(2,3)4)30(24)39-31(38)36-25-16-12-11-13-17-25/h14-15,18-20,25,37H,10-13,16-17,21-22H2,1-9H3,(H,36,38). The molecule has 0 bridgehead atoms. The van der Waals surface area contributed by atoms with Gasteiger partial charge in [0.05, 0.1) is 0 Å². The fraction of sp³-hybridized carbons (Fsp3) is 0.629. The molecule has 0 aromatic heterocycles. The van der Waals surface area contributed by atoms with Crippen LogP contribution in [-0.4, -0.2) is 17.2 Å². The smallest absolute Gasteiger partial charge is 0.412 e. The van der Waals surface area contributed by atoms with Crippen LogP contribution in [0.5, 0.6) is 11.5 Å². The van der Waals surface area contributed by atoms with Crippen molar-refractivity contribution in [2.45, 2.75) is 131 Å². The van der Waals surface area contributed by atoms with Crippen molar-refractivity contribution in [2.24, 2.45) is 10.8 Å². The number of phenolic OH excluding ortho intramolecular Hbond substituents is 1. The number of para-hydroxylation sites is 1. The van der Waals surface area contributed by atoms with E-state index in [4.69, 9.17) is 4.74 Å². The molecule has 1 fully saturated rings. The Labute approximate surface area is 236 Å². The number of benzene rings is 2. The first-order valence-corrected chi connectivity index (χ1v) is 15.1. The van der Waals surface area contributed by atoms with Crippen molar-refractivity contribution in [3.8, 4) is 11.5 Å². The Kier molecular flexibility index (Phi) is 7.93. The normalized spacial score (nSPS) is 19.9. The number of hydrogen-bond acceptors (Lipinski definition) is 3. The van der Waals surface area contributed by atoms with E-state index in [0.29, 0.717) is 11.5 Å². The molecule has 0 heterocycles. The molecule has 2 aromatic rings. The summed E-state index contributed by atoms with van der Waals surface area (Å²) in [5.74, 6) is 1.16. The Bertz CT molecular complexity index is 1210. The molecule has 0 spiro atoms. The zero-order valence-electron chi connectivity index (χ0n) is 25.9. The number of carbonyl (C=O) groups is 1. The van der Waals surface area contributed by atoms with Gasteiger partial charge in [0.25, 0.3) is 0 Å². The summed E-state index contributed by atoms with van der Waals surface area (Å²) in [5, 5.41) is 14.5. The highest BCUT2D eigenvalue weighted by Crippen LogP contribution is 2.65. The van der Waals surface area contributed by atoms with E-state index in [2.05, 4.69) is 98.0 Å². The van der Waals surface area contributed by atoms with E-state index < -0.39 is 0 Å². The third kappa shape index (κ3) is 5.86. The predicted molar refractivity (Wildman–Crippen MR) is 161 cm³/mol. The lowest BCUT2D eigenvalue weighted by molar-refractivity contribution is 0.189. The van der Waals surface area contributed by atoms with Crippen LogP contribution in [0.1, 0.15) is 129 Å². The Morgan fingerprint density at radius 1 is 0.974 bits per heavy atom. The predicted octanol–water partition coefficient (Wildman–Crippen LogP) is 8.98. The Hall–Kier alpha value is -2.49. The number of rotatable bonds is 8. The van der Waals surface area contributed by atoms with Crippen LogP contribution in [0.4, 0.5) is 4.79 Å². The highest BCUT2D eigenvalue weighted by molar-refractivity contribution is 5.73. The summed E-state index contributed by atoms with van der Waals surface area (Å²) in [6.45, 7) is 20.0. The van der Waals surface area contributed by atoms with Gasteiger partial charge in [-0.05, 0) is 58.6 Å². The van der Waals surface area contributed by atoms with Crippen molar-refractivity contribution in [3.63, 3.8) is 0 Å². The van der Waals surface area contributed by atoms with Gasteiger partial charge < -0.3 is 15.2 Å². The molecule has 2 aliphatic carbocycles. The van der Waals surface area contributed by atoms with Crippen molar-refractivity contribution in [3.05, 3.63) is 58.1 Å². The lowest BCUT2D eigenvalue weighted by atomic mass is 9.69. The monoisotopic (exact) mass is 533 g/mol. The first-order valence-electron chi connectivity index (χ1n) is 15.1. The quantitative estimate of drug-likeness (QED) is 0.356. The number of carbonyl (C=O) groups excluding carboxylic acids is 1. The van der Waals surface area contributed by atoms with Gasteiger partial charge in [-0.3, -0.25) is 0 Å². The molecule has 1 amide bonds. The van der Waals surface area contributed by atoms with Gasteiger partial charge in [-0.2, -0.15) is 0 Å². The van der Waals surface area contributed by atoms with Crippen LogP contribution in [0.15, 0.2) is 30.3 Å². The molecule has 0 radical (unpaired) electrons. The van der Waals surface area contributed by atoms with Gasteiger partial charge in [-0.25, -0.2) is 4.79 Å². The average molecular weight is 534 g/mol. The topological polar surface area (TPSA) is 58.6 Å². The molecule has 4 heteroatoms. The maximum atomic E-state index is 13.1. The highest BCUT2D eigenvalue weighted by Gasteiger charge is 2.58. The molecule has 2 N–H and O–H groups in total. The van der Waals surface area contributed by atoms with Gasteiger partial charge in [0.1, 0.15) is 11.5 Å². The maximum absolute atomic E-state index is 13.1. The maximum Gasteiger partial charge on any atom is 0.412 e. The molecular weight excluding hydrogens is 482 g/mol. The summed E-state index contributed by atoms with van der Waals surface area (Å²) in [5.41, 5.74) is 4.95. The van der Waals surface area contributed by atoms with Crippen LogP contribution < -0.4 is 10.1 Å². The number of nitrogens with one attached hydrogen (secondary N) is 1. The molecule has 0 saturated heterocycles. The molecule has 4 nitrogen and oxygen atoms in total. The second kappa shape index (κ2) is 10.5. The van der Waals surface area contributed by atoms with Gasteiger partial charge in [0, 0.05) is 22.6 Å². The van der Waals surface area contributed by atoms with Gasteiger partial charge in [0.2, 0.25) is 0 Å². The van der Waals surface area contributed by atoms with Gasteiger partial charge in [-0.15, -0.1) is 0 Å². The highest BCUT2D eigenvalue weighted by atomic mass is 16.6. The van der Waals surface area contributed by atoms with Crippen LogP contribution >= 0.6 is 0 Å². The van der Waals surface area contributed by atoms with Gasteiger partial charge in [-0.1, -0.05) is 118 Å². The number of hydrogen-bond donors (Lipinski definition) is 2.